The molecule has 1 unspecified atom stereocenters. The Morgan fingerprint density at radius 1 is 1.18 bits per heavy atom. The molecule has 1 aliphatic heterocycles. The van der Waals surface area contributed by atoms with E-state index in [-0.39, 0.29) is 12.6 Å². The number of benzene rings is 1. The average Bonchev–Trinajstić information content (AvgIpc) is 2.56. The van der Waals surface area contributed by atoms with Crippen LogP contribution in [0.4, 0.5) is 0 Å². The average molecular weight is 324 g/mol. The number of sulfonamides is 1. The zero-order chi connectivity index (χ0) is 16.0. The molecule has 5 nitrogen and oxygen atoms in total. The second-order valence-corrected chi connectivity index (χ2v) is 7.26. The van der Waals surface area contributed by atoms with Crippen molar-refractivity contribution < 1.29 is 13.5 Å². The van der Waals surface area contributed by atoms with Gasteiger partial charge in [-0.1, -0.05) is 37.3 Å². The molecule has 1 aromatic rings. The largest absolute Gasteiger partial charge is 0.395 e. The van der Waals surface area contributed by atoms with Crippen molar-refractivity contribution in [3.63, 3.8) is 0 Å². The van der Waals surface area contributed by atoms with Crippen molar-refractivity contribution in [3.05, 3.63) is 41.3 Å². The monoisotopic (exact) mass is 324 g/mol. The van der Waals surface area contributed by atoms with E-state index in [2.05, 4.69) is 4.90 Å². The molecule has 0 aromatic heterocycles. The third kappa shape index (κ3) is 4.39. The Bertz CT molecular complexity index is 575. The van der Waals surface area contributed by atoms with E-state index < -0.39 is 10.0 Å². The van der Waals surface area contributed by atoms with Crippen LogP contribution in [-0.2, 0) is 10.0 Å². The van der Waals surface area contributed by atoms with Crippen LogP contribution in [0.15, 0.2) is 35.7 Å². The lowest BCUT2D eigenvalue weighted by atomic mass is 10.2. The summed E-state index contributed by atoms with van der Waals surface area (Å²) >= 11 is 0. The van der Waals surface area contributed by atoms with Crippen LogP contribution >= 0.6 is 0 Å². The Morgan fingerprint density at radius 2 is 1.82 bits per heavy atom. The molecule has 22 heavy (non-hydrogen) atoms. The maximum atomic E-state index is 12.3. The zero-order valence-corrected chi connectivity index (χ0v) is 13.7. The number of rotatable bonds is 6. The Labute approximate surface area is 132 Å². The second kappa shape index (κ2) is 7.87. The van der Waals surface area contributed by atoms with E-state index in [0.29, 0.717) is 26.2 Å². The number of hydrogen-bond acceptors (Lipinski definition) is 4. The molecule has 1 aliphatic rings. The van der Waals surface area contributed by atoms with Gasteiger partial charge in [-0.2, -0.15) is 4.31 Å². The van der Waals surface area contributed by atoms with Crippen LogP contribution in [0.25, 0.3) is 6.08 Å². The lowest BCUT2D eigenvalue weighted by molar-refractivity contribution is 0.0884. The van der Waals surface area contributed by atoms with Gasteiger partial charge in [0.2, 0.25) is 10.0 Å². The number of aliphatic hydroxyl groups excluding tert-OH is 1. The van der Waals surface area contributed by atoms with Crippen molar-refractivity contribution in [1.29, 1.82) is 0 Å². The molecule has 0 aliphatic carbocycles. The molecule has 0 bridgehead atoms. The first-order valence-corrected chi connectivity index (χ1v) is 9.15. The van der Waals surface area contributed by atoms with Gasteiger partial charge >= 0.3 is 0 Å². The summed E-state index contributed by atoms with van der Waals surface area (Å²) in [5, 5.41) is 10.6. The summed E-state index contributed by atoms with van der Waals surface area (Å²) < 4.78 is 26.2. The lowest BCUT2D eigenvalue weighted by Crippen LogP contribution is -2.52. The summed E-state index contributed by atoms with van der Waals surface area (Å²) in [5.74, 6) is 0. The first-order valence-electron chi connectivity index (χ1n) is 7.65. The first kappa shape index (κ1) is 17.1. The minimum atomic E-state index is -3.38. The fourth-order valence-corrected chi connectivity index (χ4v) is 3.81. The van der Waals surface area contributed by atoms with E-state index in [0.717, 1.165) is 12.0 Å². The third-order valence-electron chi connectivity index (χ3n) is 4.06. The van der Waals surface area contributed by atoms with Crippen molar-refractivity contribution in [2.75, 3.05) is 32.8 Å². The molecule has 0 radical (unpaired) electrons. The van der Waals surface area contributed by atoms with Crippen LogP contribution in [0.2, 0.25) is 0 Å². The van der Waals surface area contributed by atoms with E-state index >= 15 is 0 Å². The van der Waals surface area contributed by atoms with Crippen molar-refractivity contribution in [1.82, 2.24) is 9.21 Å². The molecule has 1 fully saturated rings. The maximum absolute atomic E-state index is 12.3. The van der Waals surface area contributed by atoms with Crippen LogP contribution in [0.3, 0.4) is 0 Å². The highest BCUT2D eigenvalue weighted by Crippen LogP contribution is 2.14. The van der Waals surface area contributed by atoms with Crippen molar-refractivity contribution in [2.45, 2.75) is 19.4 Å². The normalized spacial score (nSPS) is 19.5. The fraction of sp³-hybridized carbons (Fsp3) is 0.500. The lowest BCUT2D eigenvalue weighted by Gasteiger charge is -2.37. The summed E-state index contributed by atoms with van der Waals surface area (Å²) in [6.45, 7) is 4.43. The van der Waals surface area contributed by atoms with Crippen LogP contribution < -0.4 is 0 Å². The first-order chi connectivity index (χ1) is 10.6. The molecule has 1 atom stereocenters. The molecule has 0 saturated carbocycles. The summed E-state index contributed by atoms with van der Waals surface area (Å²) in [4.78, 5) is 2.16. The molecule has 122 valence electrons. The quantitative estimate of drug-likeness (QED) is 0.859. The second-order valence-electron chi connectivity index (χ2n) is 5.44. The molecule has 1 saturated heterocycles. The van der Waals surface area contributed by atoms with E-state index in [1.54, 1.807) is 6.08 Å². The van der Waals surface area contributed by atoms with E-state index in [1.807, 2.05) is 37.3 Å². The fourth-order valence-electron chi connectivity index (χ4n) is 2.64. The van der Waals surface area contributed by atoms with Gasteiger partial charge in [-0.05, 0) is 18.1 Å². The van der Waals surface area contributed by atoms with Crippen LogP contribution in [0, 0.1) is 0 Å². The van der Waals surface area contributed by atoms with Gasteiger partial charge in [0.1, 0.15) is 0 Å². The Hall–Kier alpha value is -1.21. The SMILES string of the molecule is CCC(CO)N1CCN(S(=O)(=O)/C=C/c2ccccc2)CC1. The summed E-state index contributed by atoms with van der Waals surface area (Å²) in [6, 6.07) is 9.53. The van der Waals surface area contributed by atoms with Gasteiger partial charge in [0.25, 0.3) is 0 Å². The number of hydrogen-bond donors (Lipinski definition) is 1. The highest BCUT2D eigenvalue weighted by molar-refractivity contribution is 7.92. The summed E-state index contributed by atoms with van der Waals surface area (Å²) in [5.41, 5.74) is 0.871. The molecule has 2 rings (SSSR count). The minimum Gasteiger partial charge on any atom is -0.395 e. The molecule has 6 heteroatoms. The van der Waals surface area contributed by atoms with Gasteiger partial charge in [-0.15, -0.1) is 0 Å². The molecule has 1 heterocycles. The molecule has 0 spiro atoms. The minimum absolute atomic E-state index is 0.122. The van der Waals surface area contributed by atoms with Crippen LogP contribution in [0.1, 0.15) is 18.9 Å². The van der Waals surface area contributed by atoms with E-state index in [9.17, 15) is 13.5 Å². The predicted octanol–water partition coefficient (Wildman–Crippen LogP) is 1.38. The van der Waals surface area contributed by atoms with Gasteiger partial charge in [0.05, 0.1) is 6.61 Å². The summed E-state index contributed by atoms with van der Waals surface area (Å²) in [6.07, 6.45) is 2.50. The Balaban J connectivity index is 1.96. The van der Waals surface area contributed by atoms with Crippen molar-refractivity contribution in [2.24, 2.45) is 0 Å². The number of aliphatic hydroxyl groups is 1. The zero-order valence-electron chi connectivity index (χ0n) is 12.9. The topological polar surface area (TPSA) is 60.9 Å². The van der Waals surface area contributed by atoms with Gasteiger partial charge in [0.15, 0.2) is 0 Å². The Morgan fingerprint density at radius 3 is 2.36 bits per heavy atom. The highest BCUT2D eigenvalue weighted by atomic mass is 32.2. The van der Waals surface area contributed by atoms with E-state index in [4.69, 9.17) is 0 Å². The van der Waals surface area contributed by atoms with Gasteiger partial charge in [-0.3, -0.25) is 4.90 Å². The molecular weight excluding hydrogens is 300 g/mol. The van der Waals surface area contributed by atoms with Crippen LogP contribution in [-0.4, -0.2) is 61.6 Å². The maximum Gasteiger partial charge on any atom is 0.236 e. The van der Waals surface area contributed by atoms with E-state index in [1.165, 1.54) is 9.71 Å². The van der Waals surface area contributed by atoms with Crippen molar-refractivity contribution in [3.8, 4) is 0 Å². The molecular formula is C16H24N2O3S. The molecule has 1 N–H and O–H groups in total. The van der Waals surface area contributed by atoms with Gasteiger partial charge < -0.3 is 5.11 Å². The van der Waals surface area contributed by atoms with Gasteiger partial charge in [0, 0.05) is 37.6 Å². The molecule has 0 amide bonds. The highest BCUT2D eigenvalue weighted by Gasteiger charge is 2.27. The smallest absolute Gasteiger partial charge is 0.236 e. The standard InChI is InChI=1S/C16H24N2O3S/c1-2-16(14-19)17-9-11-18(12-10-17)22(20,21)13-8-15-6-4-3-5-7-15/h3-8,13,16,19H,2,9-12,14H2,1H3/b13-8+. The number of piperazine rings is 1. The molecule has 1 aromatic carbocycles. The van der Waals surface area contributed by atoms with Crippen molar-refractivity contribution >= 4 is 16.1 Å². The Kier molecular flexibility index (Phi) is 6.14. The van der Waals surface area contributed by atoms with Crippen LogP contribution in [0.5, 0.6) is 0 Å². The number of nitrogens with zero attached hydrogens (tertiary/aromatic N) is 2. The van der Waals surface area contributed by atoms with Gasteiger partial charge in [-0.25, -0.2) is 8.42 Å². The summed E-state index contributed by atoms with van der Waals surface area (Å²) in [7, 11) is -3.38. The third-order valence-corrected chi connectivity index (χ3v) is 5.63. The predicted molar refractivity (Wildman–Crippen MR) is 88.7 cm³/mol.